The summed E-state index contributed by atoms with van der Waals surface area (Å²) in [5.41, 5.74) is 2.50. The Balaban J connectivity index is 1.63. The van der Waals surface area contributed by atoms with E-state index in [-0.39, 0.29) is 17.6 Å². The third kappa shape index (κ3) is 4.53. The van der Waals surface area contributed by atoms with Crippen LogP contribution in [-0.4, -0.2) is 63.3 Å². The van der Waals surface area contributed by atoms with Gasteiger partial charge in [-0.25, -0.2) is 9.97 Å². The van der Waals surface area contributed by atoms with Gasteiger partial charge >= 0.3 is 0 Å². The van der Waals surface area contributed by atoms with Crippen molar-refractivity contribution in [3.63, 3.8) is 0 Å². The van der Waals surface area contributed by atoms with Crippen LogP contribution < -0.4 is 4.90 Å². The summed E-state index contributed by atoms with van der Waals surface area (Å²) in [5.74, 6) is 1.47. The highest BCUT2D eigenvalue weighted by molar-refractivity contribution is 5.92. The lowest BCUT2D eigenvalue weighted by molar-refractivity contribution is -0.141. The lowest BCUT2D eigenvalue weighted by atomic mass is 10.0. The van der Waals surface area contributed by atoms with Gasteiger partial charge < -0.3 is 20.0 Å². The fourth-order valence-corrected chi connectivity index (χ4v) is 4.14. The number of amides is 1. The first-order valence-corrected chi connectivity index (χ1v) is 11.1. The number of aryl methyl sites for hydroxylation is 1. The van der Waals surface area contributed by atoms with Crippen LogP contribution in [-0.2, 0) is 4.79 Å². The van der Waals surface area contributed by atoms with E-state index >= 15 is 0 Å². The molecule has 2 heterocycles. The SMILES string of the molecule is Cc1ccc2c(N3CCN(C(=O)[C@@H](O)CC(C)C)CC3)nc(-c3ccccc3O)nc2c1. The molecule has 7 heteroatoms. The standard InChI is InChI=1S/C25H30N4O3/c1-16(2)14-22(31)25(32)29-12-10-28(11-13-29)24-18-9-8-17(3)15-20(18)26-23(27-24)19-6-4-5-7-21(19)30/h4-9,15-16,22,30-31H,10-14H2,1-3H3/t22-/m0/s1. The van der Waals surface area contributed by atoms with Gasteiger partial charge in [0.15, 0.2) is 5.82 Å². The van der Waals surface area contributed by atoms with Gasteiger partial charge in [-0.1, -0.05) is 32.0 Å². The third-order valence-electron chi connectivity index (χ3n) is 5.85. The van der Waals surface area contributed by atoms with Crippen molar-refractivity contribution >= 4 is 22.6 Å². The molecule has 4 rings (SSSR count). The van der Waals surface area contributed by atoms with E-state index in [0.717, 1.165) is 22.3 Å². The van der Waals surface area contributed by atoms with Crippen molar-refractivity contribution in [2.75, 3.05) is 31.1 Å². The van der Waals surface area contributed by atoms with Gasteiger partial charge in [0.2, 0.25) is 0 Å². The maximum Gasteiger partial charge on any atom is 0.251 e. The number of aromatic nitrogens is 2. The van der Waals surface area contributed by atoms with Gasteiger partial charge in [0.1, 0.15) is 17.7 Å². The maximum absolute atomic E-state index is 12.6. The lowest BCUT2D eigenvalue weighted by Crippen LogP contribution is -2.52. The Morgan fingerprint density at radius 3 is 2.47 bits per heavy atom. The number of piperazine rings is 1. The van der Waals surface area contributed by atoms with Crippen LogP contribution in [0.2, 0.25) is 0 Å². The molecule has 0 bridgehead atoms. The van der Waals surface area contributed by atoms with Gasteiger partial charge in [0.05, 0.1) is 11.1 Å². The summed E-state index contributed by atoms with van der Waals surface area (Å²) in [4.78, 5) is 26.1. The molecule has 2 N–H and O–H groups in total. The Morgan fingerprint density at radius 2 is 1.78 bits per heavy atom. The van der Waals surface area contributed by atoms with E-state index in [1.165, 1.54) is 0 Å². The fourth-order valence-electron chi connectivity index (χ4n) is 4.14. The second kappa shape index (κ2) is 9.12. The number of benzene rings is 2. The van der Waals surface area contributed by atoms with E-state index < -0.39 is 6.10 Å². The molecule has 0 aliphatic carbocycles. The van der Waals surface area contributed by atoms with Crippen LogP contribution in [0.5, 0.6) is 5.75 Å². The number of aromatic hydroxyl groups is 1. The first-order valence-electron chi connectivity index (χ1n) is 11.1. The van der Waals surface area contributed by atoms with E-state index in [9.17, 15) is 15.0 Å². The van der Waals surface area contributed by atoms with Gasteiger partial charge in [-0.3, -0.25) is 4.79 Å². The maximum atomic E-state index is 12.6. The zero-order valence-corrected chi connectivity index (χ0v) is 18.8. The van der Waals surface area contributed by atoms with Crippen LogP contribution in [0.25, 0.3) is 22.3 Å². The van der Waals surface area contributed by atoms with Crippen LogP contribution in [0.1, 0.15) is 25.8 Å². The molecule has 7 nitrogen and oxygen atoms in total. The summed E-state index contributed by atoms with van der Waals surface area (Å²) < 4.78 is 0. The quantitative estimate of drug-likeness (QED) is 0.640. The van der Waals surface area contributed by atoms with E-state index in [2.05, 4.69) is 4.90 Å². The van der Waals surface area contributed by atoms with Crippen molar-refractivity contribution in [1.82, 2.24) is 14.9 Å². The smallest absolute Gasteiger partial charge is 0.251 e. The first-order chi connectivity index (χ1) is 15.3. The number of nitrogens with zero attached hydrogens (tertiary/aromatic N) is 4. The number of anilines is 1. The predicted octanol–water partition coefficient (Wildman–Crippen LogP) is 3.37. The van der Waals surface area contributed by atoms with Crippen LogP contribution >= 0.6 is 0 Å². The minimum Gasteiger partial charge on any atom is -0.507 e. The van der Waals surface area contributed by atoms with E-state index in [1.54, 1.807) is 17.0 Å². The number of hydrogen-bond donors (Lipinski definition) is 2. The molecular formula is C25H30N4O3. The fraction of sp³-hybridized carbons (Fsp3) is 0.400. The van der Waals surface area contributed by atoms with Crippen molar-refractivity contribution in [3.8, 4) is 17.1 Å². The highest BCUT2D eigenvalue weighted by atomic mass is 16.3. The monoisotopic (exact) mass is 434 g/mol. The van der Waals surface area contributed by atoms with Crippen LogP contribution in [0.3, 0.4) is 0 Å². The summed E-state index contributed by atoms with van der Waals surface area (Å²) in [6.45, 7) is 8.29. The average molecular weight is 435 g/mol. The number of rotatable bonds is 5. The molecule has 1 amide bonds. The normalized spacial score (nSPS) is 15.4. The van der Waals surface area contributed by atoms with Gasteiger partial charge in [0, 0.05) is 31.6 Å². The summed E-state index contributed by atoms with van der Waals surface area (Å²) in [6, 6.07) is 13.1. The molecule has 0 saturated carbocycles. The van der Waals surface area contributed by atoms with Crippen molar-refractivity contribution in [2.24, 2.45) is 5.92 Å². The molecular weight excluding hydrogens is 404 g/mol. The minimum atomic E-state index is -0.947. The molecule has 3 aromatic rings. The topological polar surface area (TPSA) is 89.8 Å². The van der Waals surface area contributed by atoms with E-state index in [4.69, 9.17) is 9.97 Å². The van der Waals surface area contributed by atoms with E-state index in [0.29, 0.717) is 44.0 Å². The minimum absolute atomic E-state index is 0.139. The average Bonchev–Trinajstić information content (AvgIpc) is 2.77. The molecule has 0 spiro atoms. The zero-order chi connectivity index (χ0) is 22.8. The Kier molecular flexibility index (Phi) is 6.28. The third-order valence-corrected chi connectivity index (χ3v) is 5.85. The van der Waals surface area contributed by atoms with Gasteiger partial charge in [0.25, 0.3) is 5.91 Å². The highest BCUT2D eigenvalue weighted by Gasteiger charge is 2.28. The molecule has 1 aliphatic heterocycles. The number of phenols is 1. The summed E-state index contributed by atoms with van der Waals surface area (Å²) >= 11 is 0. The van der Waals surface area contributed by atoms with Gasteiger partial charge in [-0.2, -0.15) is 0 Å². The van der Waals surface area contributed by atoms with Gasteiger partial charge in [-0.05, 0) is 49.1 Å². The molecule has 1 atom stereocenters. The molecule has 168 valence electrons. The summed E-state index contributed by atoms with van der Waals surface area (Å²) in [5, 5.41) is 21.5. The number of phenolic OH excluding ortho intramolecular Hbond substituents is 1. The molecule has 1 fully saturated rings. The number of aliphatic hydroxyl groups excluding tert-OH is 1. The van der Waals surface area contributed by atoms with E-state index in [1.807, 2.05) is 51.1 Å². The van der Waals surface area contributed by atoms with Crippen molar-refractivity contribution in [1.29, 1.82) is 0 Å². The van der Waals surface area contributed by atoms with Crippen molar-refractivity contribution < 1.29 is 15.0 Å². The van der Waals surface area contributed by atoms with Gasteiger partial charge in [-0.15, -0.1) is 0 Å². The second-order valence-electron chi connectivity index (χ2n) is 8.87. The number of fused-ring (bicyclic) bond motifs is 1. The van der Waals surface area contributed by atoms with Crippen molar-refractivity contribution in [3.05, 3.63) is 48.0 Å². The Hall–Kier alpha value is -3.19. The molecule has 2 aromatic carbocycles. The number of aliphatic hydroxyl groups is 1. The number of carbonyl (C=O) groups excluding carboxylic acids is 1. The Bertz CT molecular complexity index is 1120. The highest BCUT2D eigenvalue weighted by Crippen LogP contribution is 2.32. The molecule has 1 aromatic heterocycles. The summed E-state index contributed by atoms with van der Waals surface area (Å²) in [6.07, 6.45) is -0.476. The van der Waals surface area contributed by atoms with Crippen molar-refractivity contribution in [2.45, 2.75) is 33.3 Å². The molecule has 1 aliphatic rings. The predicted molar refractivity (Wildman–Crippen MR) is 126 cm³/mol. The second-order valence-corrected chi connectivity index (χ2v) is 8.87. The number of hydrogen-bond acceptors (Lipinski definition) is 6. The van der Waals surface area contributed by atoms with Crippen LogP contribution in [0, 0.1) is 12.8 Å². The van der Waals surface area contributed by atoms with Crippen LogP contribution in [0.15, 0.2) is 42.5 Å². The first kappa shape index (κ1) is 22.0. The lowest BCUT2D eigenvalue weighted by Gasteiger charge is -2.37. The Labute approximate surface area is 188 Å². The largest absolute Gasteiger partial charge is 0.507 e. The van der Waals surface area contributed by atoms with Crippen LogP contribution in [0.4, 0.5) is 5.82 Å². The molecule has 0 unspecified atom stereocenters. The molecule has 0 radical (unpaired) electrons. The number of carbonyl (C=O) groups is 1. The summed E-state index contributed by atoms with van der Waals surface area (Å²) in [7, 11) is 0. The molecule has 1 saturated heterocycles. The number of para-hydroxylation sites is 1. The zero-order valence-electron chi connectivity index (χ0n) is 18.8. The molecule has 32 heavy (non-hydrogen) atoms. The Morgan fingerprint density at radius 1 is 1.06 bits per heavy atom.